The van der Waals surface area contributed by atoms with Crippen molar-refractivity contribution in [1.82, 2.24) is 19.7 Å². The monoisotopic (exact) mass is 442 g/mol. The summed E-state index contributed by atoms with van der Waals surface area (Å²) in [5.74, 6) is 0.715. The number of nitrogens with zero attached hydrogens (tertiary/aromatic N) is 6. The number of aromatic nitrogens is 4. The van der Waals surface area contributed by atoms with Gasteiger partial charge in [0, 0.05) is 25.1 Å². The molecule has 1 fully saturated rings. The van der Waals surface area contributed by atoms with Crippen molar-refractivity contribution in [1.29, 1.82) is 0 Å². The minimum absolute atomic E-state index is 0.0364. The van der Waals surface area contributed by atoms with Gasteiger partial charge in [-0.15, -0.1) is 0 Å². The van der Waals surface area contributed by atoms with E-state index in [1.165, 1.54) is 10.6 Å². The number of alkyl halides is 3. The SMILES string of the molecule is CC(C)c1nc(CN2c3nc(N4CCOC[C@H]4C)cc(=O)n3CC[C@H]2C(F)(F)F)no1. The summed E-state index contributed by atoms with van der Waals surface area (Å²) in [5.41, 5.74) is -0.389. The summed E-state index contributed by atoms with van der Waals surface area (Å²) in [6, 6.07) is -0.481. The summed E-state index contributed by atoms with van der Waals surface area (Å²) in [4.78, 5) is 24.5. The lowest BCUT2D eigenvalue weighted by Crippen LogP contribution is -2.52. The molecule has 12 heteroatoms. The first-order valence-corrected chi connectivity index (χ1v) is 10.3. The molecule has 0 unspecified atom stereocenters. The molecule has 4 heterocycles. The molecule has 2 aromatic heterocycles. The van der Waals surface area contributed by atoms with E-state index < -0.39 is 12.2 Å². The van der Waals surface area contributed by atoms with Crippen LogP contribution in [-0.2, 0) is 17.8 Å². The van der Waals surface area contributed by atoms with E-state index in [0.717, 1.165) is 4.90 Å². The fourth-order valence-electron chi connectivity index (χ4n) is 3.91. The van der Waals surface area contributed by atoms with Crippen LogP contribution in [0.1, 0.15) is 44.8 Å². The zero-order chi connectivity index (χ0) is 22.3. The largest absolute Gasteiger partial charge is 0.408 e. The zero-order valence-corrected chi connectivity index (χ0v) is 17.6. The van der Waals surface area contributed by atoms with E-state index in [0.29, 0.717) is 31.5 Å². The Kier molecular flexibility index (Phi) is 5.67. The molecule has 1 saturated heterocycles. The van der Waals surface area contributed by atoms with Crippen molar-refractivity contribution in [2.45, 2.75) is 64.5 Å². The van der Waals surface area contributed by atoms with Crippen LogP contribution in [0.2, 0.25) is 0 Å². The highest BCUT2D eigenvalue weighted by Crippen LogP contribution is 2.35. The number of ether oxygens (including phenoxy) is 1. The fourth-order valence-corrected chi connectivity index (χ4v) is 3.91. The summed E-state index contributed by atoms with van der Waals surface area (Å²) in [7, 11) is 0. The van der Waals surface area contributed by atoms with Crippen molar-refractivity contribution in [3.8, 4) is 0 Å². The maximum atomic E-state index is 13.9. The summed E-state index contributed by atoms with van der Waals surface area (Å²) >= 11 is 0. The van der Waals surface area contributed by atoms with Crippen LogP contribution in [0.3, 0.4) is 0 Å². The molecule has 0 aromatic carbocycles. The van der Waals surface area contributed by atoms with Gasteiger partial charge in [-0.25, -0.2) is 0 Å². The van der Waals surface area contributed by atoms with Crippen LogP contribution in [-0.4, -0.2) is 57.7 Å². The molecule has 0 bridgehead atoms. The van der Waals surface area contributed by atoms with Crippen molar-refractivity contribution >= 4 is 11.8 Å². The Morgan fingerprint density at radius 3 is 2.68 bits per heavy atom. The summed E-state index contributed by atoms with van der Waals surface area (Å²) in [6.45, 7) is 6.70. The number of anilines is 2. The molecule has 2 atom stereocenters. The van der Waals surface area contributed by atoms with E-state index in [-0.39, 0.29) is 48.8 Å². The lowest BCUT2D eigenvalue weighted by atomic mass is 10.1. The molecule has 4 rings (SSSR count). The predicted octanol–water partition coefficient (Wildman–Crippen LogP) is 2.32. The number of morpholine rings is 1. The first-order chi connectivity index (χ1) is 14.6. The number of halogens is 3. The van der Waals surface area contributed by atoms with Gasteiger partial charge in [0.05, 0.1) is 25.8 Å². The van der Waals surface area contributed by atoms with Crippen molar-refractivity contribution in [3.63, 3.8) is 0 Å². The van der Waals surface area contributed by atoms with Gasteiger partial charge < -0.3 is 19.1 Å². The predicted molar refractivity (Wildman–Crippen MR) is 105 cm³/mol. The Bertz CT molecular complexity index is 989. The lowest BCUT2D eigenvalue weighted by molar-refractivity contribution is -0.153. The van der Waals surface area contributed by atoms with Crippen LogP contribution in [0.25, 0.3) is 0 Å². The molecule has 31 heavy (non-hydrogen) atoms. The van der Waals surface area contributed by atoms with E-state index in [1.807, 2.05) is 25.7 Å². The third kappa shape index (κ3) is 4.25. The second kappa shape index (κ2) is 8.13. The number of fused-ring (bicyclic) bond motifs is 1. The molecule has 0 aliphatic carbocycles. The number of hydrogen-bond acceptors (Lipinski definition) is 8. The second-order valence-electron chi connectivity index (χ2n) is 8.20. The Morgan fingerprint density at radius 1 is 1.26 bits per heavy atom. The molecule has 2 aliphatic rings. The summed E-state index contributed by atoms with van der Waals surface area (Å²) < 4.78 is 53.5. The minimum Gasteiger partial charge on any atom is -0.377 e. The lowest BCUT2D eigenvalue weighted by Gasteiger charge is -2.40. The Morgan fingerprint density at radius 2 is 2.03 bits per heavy atom. The van der Waals surface area contributed by atoms with Crippen LogP contribution < -0.4 is 15.4 Å². The van der Waals surface area contributed by atoms with Crippen LogP contribution in [0, 0.1) is 0 Å². The Labute approximate surface area is 176 Å². The van der Waals surface area contributed by atoms with E-state index in [2.05, 4.69) is 15.1 Å². The third-order valence-electron chi connectivity index (χ3n) is 5.56. The maximum absolute atomic E-state index is 13.9. The van der Waals surface area contributed by atoms with Crippen molar-refractivity contribution in [2.24, 2.45) is 0 Å². The standard InChI is InChI=1S/C19H25F3N6O3/c1-11(2)17-23-14(25-31-17)9-28-13(19(20,21)22)4-5-27-16(29)8-15(24-18(27)28)26-6-7-30-10-12(26)3/h8,11-13H,4-7,9-10H2,1-3H3/t12-,13+/m1/s1. The molecule has 2 aliphatic heterocycles. The average molecular weight is 442 g/mol. The first-order valence-electron chi connectivity index (χ1n) is 10.3. The molecule has 0 radical (unpaired) electrons. The maximum Gasteiger partial charge on any atom is 0.408 e. The first kappa shape index (κ1) is 21.6. The number of hydrogen-bond donors (Lipinski definition) is 0. The highest BCUT2D eigenvalue weighted by molar-refractivity contribution is 5.47. The van der Waals surface area contributed by atoms with E-state index in [4.69, 9.17) is 9.26 Å². The van der Waals surface area contributed by atoms with Gasteiger partial charge in [-0.3, -0.25) is 9.36 Å². The zero-order valence-electron chi connectivity index (χ0n) is 17.6. The number of rotatable bonds is 4. The van der Waals surface area contributed by atoms with Crippen LogP contribution in [0.5, 0.6) is 0 Å². The van der Waals surface area contributed by atoms with Gasteiger partial charge in [0.25, 0.3) is 5.56 Å². The van der Waals surface area contributed by atoms with E-state index in [9.17, 15) is 18.0 Å². The molecule has 2 aromatic rings. The Balaban J connectivity index is 1.76. The molecule has 0 N–H and O–H groups in total. The molecule has 170 valence electrons. The highest BCUT2D eigenvalue weighted by atomic mass is 19.4. The quantitative estimate of drug-likeness (QED) is 0.713. The highest BCUT2D eigenvalue weighted by Gasteiger charge is 2.47. The van der Waals surface area contributed by atoms with Gasteiger partial charge in [-0.1, -0.05) is 19.0 Å². The van der Waals surface area contributed by atoms with Crippen molar-refractivity contribution in [2.75, 3.05) is 29.6 Å². The van der Waals surface area contributed by atoms with Gasteiger partial charge in [0.1, 0.15) is 11.9 Å². The molecule has 9 nitrogen and oxygen atoms in total. The second-order valence-corrected chi connectivity index (χ2v) is 8.20. The van der Waals surface area contributed by atoms with Gasteiger partial charge in [0.2, 0.25) is 11.8 Å². The van der Waals surface area contributed by atoms with Crippen molar-refractivity contribution in [3.05, 3.63) is 28.1 Å². The molecule has 0 saturated carbocycles. The summed E-state index contributed by atoms with van der Waals surface area (Å²) in [6.07, 6.45) is -4.77. The third-order valence-corrected chi connectivity index (χ3v) is 5.56. The Hall–Kier alpha value is -2.63. The molecular weight excluding hydrogens is 417 g/mol. The smallest absolute Gasteiger partial charge is 0.377 e. The fraction of sp³-hybridized carbons (Fsp3) is 0.684. The van der Waals surface area contributed by atoms with E-state index >= 15 is 0 Å². The molecular formula is C19H25F3N6O3. The topological polar surface area (TPSA) is 89.5 Å². The van der Waals surface area contributed by atoms with Gasteiger partial charge in [0.15, 0.2) is 5.82 Å². The molecule has 0 amide bonds. The average Bonchev–Trinajstić information content (AvgIpc) is 3.17. The summed E-state index contributed by atoms with van der Waals surface area (Å²) in [5, 5.41) is 3.83. The van der Waals surface area contributed by atoms with Gasteiger partial charge in [-0.2, -0.15) is 23.1 Å². The molecule has 0 spiro atoms. The van der Waals surface area contributed by atoms with Gasteiger partial charge >= 0.3 is 6.18 Å². The van der Waals surface area contributed by atoms with Gasteiger partial charge in [-0.05, 0) is 13.3 Å². The van der Waals surface area contributed by atoms with Crippen molar-refractivity contribution < 1.29 is 22.4 Å². The normalized spacial score (nSPS) is 22.2. The van der Waals surface area contributed by atoms with Crippen LogP contribution in [0.4, 0.5) is 24.9 Å². The minimum atomic E-state index is -4.50. The van der Waals surface area contributed by atoms with Crippen LogP contribution >= 0.6 is 0 Å². The van der Waals surface area contributed by atoms with Crippen LogP contribution in [0.15, 0.2) is 15.4 Å². The van der Waals surface area contributed by atoms with E-state index in [1.54, 1.807) is 0 Å².